The Labute approximate surface area is 113 Å². The van der Waals surface area contributed by atoms with Crippen molar-refractivity contribution in [3.05, 3.63) is 64.8 Å². The molecular formula is C14H12N2O4. The van der Waals surface area contributed by atoms with Crippen LogP contribution in [0.15, 0.2) is 62.4 Å². The van der Waals surface area contributed by atoms with Gasteiger partial charge in [0, 0.05) is 0 Å². The highest BCUT2D eigenvalue weighted by Crippen LogP contribution is 2.17. The molecule has 6 nitrogen and oxygen atoms in total. The molecule has 0 radical (unpaired) electrons. The normalized spacial score (nSPS) is 12.4. The minimum absolute atomic E-state index is 0.0209. The average molecular weight is 272 g/mol. The van der Waals surface area contributed by atoms with Crippen molar-refractivity contribution in [2.24, 2.45) is 0 Å². The first kappa shape index (κ1) is 12.4. The summed E-state index contributed by atoms with van der Waals surface area (Å²) in [4.78, 5) is 11.7. The van der Waals surface area contributed by atoms with Crippen molar-refractivity contribution in [1.82, 2.24) is 9.78 Å². The quantitative estimate of drug-likeness (QED) is 0.783. The van der Waals surface area contributed by atoms with Gasteiger partial charge in [-0.1, -0.05) is 30.3 Å². The highest BCUT2D eigenvalue weighted by Gasteiger charge is 2.16. The molecule has 1 atom stereocenters. The van der Waals surface area contributed by atoms with Crippen LogP contribution in [0.4, 0.5) is 0 Å². The van der Waals surface area contributed by atoms with Crippen LogP contribution in [-0.2, 0) is 6.54 Å². The first-order valence-electron chi connectivity index (χ1n) is 6.09. The van der Waals surface area contributed by atoms with Gasteiger partial charge in [0.1, 0.15) is 0 Å². The van der Waals surface area contributed by atoms with E-state index in [1.54, 1.807) is 24.3 Å². The van der Waals surface area contributed by atoms with E-state index in [1.807, 2.05) is 18.2 Å². The molecule has 0 aliphatic heterocycles. The second kappa shape index (κ2) is 5.18. The summed E-state index contributed by atoms with van der Waals surface area (Å²) in [7, 11) is 0. The minimum atomic E-state index is -0.830. The molecule has 20 heavy (non-hydrogen) atoms. The lowest BCUT2D eigenvalue weighted by Gasteiger charge is -2.08. The Balaban J connectivity index is 1.83. The maximum Gasteiger partial charge on any atom is 0.437 e. The van der Waals surface area contributed by atoms with Crippen LogP contribution in [0, 0.1) is 0 Å². The SMILES string of the molecule is O=c1oc(-c2ccco2)nn1C[C@H](O)c1ccccc1. The number of hydrogen-bond acceptors (Lipinski definition) is 5. The standard InChI is InChI=1S/C14H12N2O4/c17-11(10-5-2-1-3-6-10)9-16-14(18)20-13(15-16)12-7-4-8-19-12/h1-8,11,17H,9H2/t11-/m0/s1. The fraction of sp³-hybridized carbons (Fsp3) is 0.143. The number of furan rings is 1. The smallest absolute Gasteiger partial charge is 0.437 e. The first-order chi connectivity index (χ1) is 9.74. The highest BCUT2D eigenvalue weighted by molar-refractivity contribution is 5.42. The molecule has 1 aromatic carbocycles. The third-order valence-corrected chi connectivity index (χ3v) is 2.87. The van der Waals surface area contributed by atoms with Crippen LogP contribution in [0.25, 0.3) is 11.7 Å². The number of hydrogen-bond donors (Lipinski definition) is 1. The number of nitrogens with zero attached hydrogens (tertiary/aromatic N) is 2. The largest absolute Gasteiger partial charge is 0.459 e. The maximum atomic E-state index is 11.7. The van der Waals surface area contributed by atoms with E-state index in [0.29, 0.717) is 11.3 Å². The predicted molar refractivity (Wildman–Crippen MR) is 69.9 cm³/mol. The number of benzene rings is 1. The van der Waals surface area contributed by atoms with Crippen LogP contribution in [0.3, 0.4) is 0 Å². The summed E-state index contributed by atoms with van der Waals surface area (Å²) >= 11 is 0. The van der Waals surface area contributed by atoms with Gasteiger partial charge in [0.25, 0.3) is 5.89 Å². The van der Waals surface area contributed by atoms with Gasteiger partial charge in [-0.3, -0.25) is 0 Å². The molecule has 0 amide bonds. The van der Waals surface area contributed by atoms with Crippen LogP contribution in [-0.4, -0.2) is 14.9 Å². The van der Waals surface area contributed by atoms with E-state index in [9.17, 15) is 9.90 Å². The summed E-state index contributed by atoms with van der Waals surface area (Å²) < 4.78 is 11.2. The van der Waals surface area contributed by atoms with Crippen LogP contribution in [0.5, 0.6) is 0 Å². The molecule has 0 saturated carbocycles. The zero-order valence-corrected chi connectivity index (χ0v) is 10.5. The molecule has 0 spiro atoms. The van der Waals surface area contributed by atoms with E-state index < -0.39 is 11.9 Å². The second-order valence-electron chi connectivity index (χ2n) is 4.26. The molecule has 1 N–H and O–H groups in total. The minimum Gasteiger partial charge on any atom is -0.459 e. The molecule has 3 aromatic rings. The van der Waals surface area contributed by atoms with Crippen molar-refractivity contribution in [1.29, 1.82) is 0 Å². The zero-order valence-electron chi connectivity index (χ0n) is 10.5. The molecule has 2 heterocycles. The van der Waals surface area contributed by atoms with Crippen LogP contribution in [0.2, 0.25) is 0 Å². The van der Waals surface area contributed by atoms with Gasteiger partial charge in [0.2, 0.25) is 0 Å². The van der Waals surface area contributed by atoms with E-state index in [4.69, 9.17) is 8.83 Å². The van der Waals surface area contributed by atoms with E-state index in [2.05, 4.69) is 5.10 Å². The van der Waals surface area contributed by atoms with Crippen molar-refractivity contribution in [3.8, 4) is 11.7 Å². The van der Waals surface area contributed by atoms with E-state index in [0.717, 1.165) is 4.68 Å². The monoisotopic (exact) mass is 272 g/mol. The molecule has 3 rings (SSSR count). The van der Waals surface area contributed by atoms with Crippen molar-refractivity contribution in [2.45, 2.75) is 12.6 Å². The van der Waals surface area contributed by atoms with Gasteiger partial charge in [-0.15, -0.1) is 5.10 Å². The van der Waals surface area contributed by atoms with Crippen LogP contribution >= 0.6 is 0 Å². The molecule has 0 aliphatic carbocycles. The molecule has 102 valence electrons. The Bertz CT molecular complexity index is 728. The average Bonchev–Trinajstić information content (AvgIpc) is 3.10. The lowest BCUT2D eigenvalue weighted by Crippen LogP contribution is -2.20. The molecule has 0 saturated heterocycles. The van der Waals surface area contributed by atoms with Gasteiger partial charge in [0.15, 0.2) is 5.76 Å². The van der Waals surface area contributed by atoms with E-state index >= 15 is 0 Å². The maximum absolute atomic E-state index is 11.7. The summed E-state index contributed by atoms with van der Waals surface area (Å²) in [6, 6.07) is 12.4. The lowest BCUT2D eigenvalue weighted by molar-refractivity contribution is 0.148. The van der Waals surface area contributed by atoms with Gasteiger partial charge in [-0.2, -0.15) is 4.68 Å². The number of aromatic nitrogens is 2. The van der Waals surface area contributed by atoms with Crippen molar-refractivity contribution in [2.75, 3.05) is 0 Å². The molecule has 2 aromatic heterocycles. The Morgan fingerprint density at radius 2 is 2.00 bits per heavy atom. The zero-order chi connectivity index (χ0) is 13.9. The Hall–Kier alpha value is -2.60. The van der Waals surface area contributed by atoms with Crippen LogP contribution in [0.1, 0.15) is 11.7 Å². The van der Waals surface area contributed by atoms with Gasteiger partial charge >= 0.3 is 5.76 Å². The topological polar surface area (TPSA) is 81.4 Å². The fourth-order valence-electron chi connectivity index (χ4n) is 1.87. The number of aliphatic hydroxyl groups is 1. The van der Waals surface area contributed by atoms with E-state index in [-0.39, 0.29) is 12.4 Å². The Kier molecular flexibility index (Phi) is 3.22. The van der Waals surface area contributed by atoms with Gasteiger partial charge < -0.3 is 13.9 Å². The molecular weight excluding hydrogens is 260 g/mol. The van der Waals surface area contributed by atoms with E-state index in [1.165, 1.54) is 6.26 Å². The molecule has 0 unspecified atom stereocenters. The molecule has 6 heteroatoms. The third kappa shape index (κ3) is 2.41. The Morgan fingerprint density at radius 3 is 2.70 bits per heavy atom. The van der Waals surface area contributed by atoms with Gasteiger partial charge in [-0.05, 0) is 17.7 Å². The Morgan fingerprint density at radius 1 is 1.20 bits per heavy atom. The van der Waals surface area contributed by atoms with Gasteiger partial charge in [0.05, 0.1) is 18.9 Å². The summed E-state index contributed by atoms with van der Waals surface area (Å²) in [5, 5.41) is 14.1. The fourth-order valence-corrected chi connectivity index (χ4v) is 1.87. The van der Waals surface area contributed by atoms with Crippen LogP contribution < -0.4 is 5.76 Å². The molecule has 0 bridgehead atoms. The molecule has 0 fully saturated rings. The highest BCUT2D eigenvalue weighted by atomic mass is 16.4. The first-order valence-corrected chi connectivity index (χ1v) is 6.09. The summed E-state index contributed by atoms with van der Waals surface area (Å²) in [6.07, 6.45) is 0.635. The van der Waals surface area contributed by atoms with Crippen molar-refractivity contribution < 1.29 is 13.9 Å². The number of rotatable bonds is 4. The summed E-state index contributed by atoms with van der Waals surface area (Å²) in [6.45, 7) is 0.0209. The number of aliphatic hydroxyl groups excluding tert-OH is 1. The lowest BCUT2D eigenvalue weighted by atomic mass is 10.1. The van der Waals surface area contributed by atoms with Crippen molar-refractivity contribution in [3.63, 3.8) is 0 Å². The summed E-state index contributed by atoms with van der Waals surface area (Å²) in [5.74, 6) is -0.165. The van der Waals surface area contributed by atoms with Crippen molar-refractivity contribution >= 4 is 0 Å². The second-order valence-corrected chi connectivity index (χ2v) is 4.26. The van der Waals surface area contributed by atoms with Gasteiger partial charge in [-0.25, -0.2) is 4.79 Å². The predicted octanol–water partition coefficient (Wildman–Crippen LogP) is 1.83. The summed E-state index contributed by atoms with van der Waals surface area (Å²) in [5.41, 5.74) is 0.710. The third-order valence-electron chi connectivity index (χ3n) is 2.87. The molecule has 0 aliphatic rings.